The van der Waals surface area contributed by atoms with Crippen LogP contribution in [0, 0.1) is 0 Å². The van der Waals surface area contributed by atoms with Gasteiger partial charge in [0.25, 0.3) is 0 Å². The molecule has 2 aromatic rings. The van der Waals surface area contributed by atoms with Gasteiger partial charge >= 0.3 is 0 Å². The molecule has 0 aliphatic rings. The molecule has 0 saturated carbocycles. The molecule has 0 aliphatic heterocycles. The molecule has 116 valence electrons. The van der Waals surface area contributed by atoms with Crippen molar-refractivity contribution in [2.75, 3.05) is 11.9 Å². The first-order chi connectivity index (χ1) is 10.6. The molecule has 0 fully saturated rings. The summed E-state index contributed by atoms with van der Waals surface area (Å²) in [5.41, 5.74) is 1.53. The standard InChI is InChI=1S/C17H18ClNO3/c1-2-12-3-6-14(7-4-12)22-10-9-17(21)19-15-11-13(18)5-8-16(15)20/h3-8,11,20H,2,9-10H2,1H3,(H,19,21). The van der Waals surface area contributed by atoms with Crippen LogP contribution in [0.4, 0.5) is 5.69 Å². The van der Waals surface area contributed by atoms with Crippen LogP contribution < -0.4 is 10.1 Å². The van der Waals surface area contributed by atoms with E-state index in [1.807, 2.05) is 24.3 Å². The Bertz CT molecular complexity index is 641. The summed E-state index contributed by atoms with van der Waals surface area (Å²) in [6.45, 7) is 2.35. The van der Waals surface area contributed by atoms with Gasteiger partial charge in [0.15, 0.2) is 0 Å². The third-order valence-electron chi connectivity index (χ3n) is 3.16. The highest BCUT2D eigenvalue weighted by atomic mass is 35.5. The molecule has 0 saturated heterocycles. The van der Waals surface area contributed by atoms with Gasteiger partial charge < -0.3 is 15.2 Å². The molecular weight excluding hydrogens is 302 g/mol. The summed E-state index contributed by atoms with van der Waals surface area (Å²) in [7, 11) is 0. The van der Waals surface area contributed by atoms with Gasteiger partial charge in [-0.15, -0.1) is 0 Å². The quantitative estimate of drug-likeness (QED) is 0.791. The van der Waals surface area contributed by atoms with Crippen LogP contribution >= 0.6 is 11.6 Å². The first-order valence-electron chi connectivity index (χ1n) is 7.08. The van der Waals surface area contributed by atoms with Crippen LogP contribution in [0.5, 0.6) is 11.5 Å². The van der Waals surface area contributed by atoms with Crippen LogP contribution in [-0.4, -0.2) is 17.6 Å². The smallest absolute Gasteiger partial charge is 0.227 e. The summed E-state index contributed by atoms with van der Waals surface area (Å²) in [5, 5.41) is 12.7. The SMILES string of the molecule is CCc1ccc(OCCC(=O)Nc2cc(Cl)ccc2O)cc1. The topological polar surface area (TPSA) is 58.6 Å². The normalized spacial score (nSPS) is 10.3. The second-order valence-corrected chi connectivity index (χ2v) is 5.24. The number of nitrogens with one attached hydrogen (secondary N) is 1. The van der Waals surface area contributed by atoms with Crippen LogP contribution in [0.2, 0.25) is 5.02 Å². The molecule has 4 nitrogen and oxygen atoms in total. The van der Waals surface area contributed by atoms with Gasteiger partial charge in [0, 0.05) is 5.02 Å². The number of phenolic OH excluding ortho intramolecular Hbond substituents is 1. The number of amides is 1. The van der Waals surface area contributed by atoms with Crippen LogP contribution in [0.1, 0.15) is 18.9 Å². The van der Waals surface area contributed by atoms with Gasteiger partial charge in [0.05, 0.1) is 18.7 Å². The number of halogens is 1. The van der Waals surface area contributed by atoms with Gasteiger partial charge in [-0.3, -0.25) is 4.79 Å². The molecule has 0 spiro atoms. The first-order valence-corrected chi connectivity index (χ1v) is 7.46. The fraction of sp³-hybridized carbons (Fsp3) is 0.235. The molecule has 22 heavy (non-hydrogen) atoms. The third-order valence-corrected chi connectivity index (χ3v) is 3.40. The zero-order valence-electron chi connectivity index (χ0n) is 12.3. The number of ether oxygens (including phenoxy) is 1. The highest BCUT2D eigenvalue weighted by Gasteiger charge is 2.07. The van der Waals surface area contributed by atoms with E-state index in [1.165, 1.54) is 17.7 Å². The van der Waals surface area contributed by atoms with Crippen molar-refractivity contribution in [1.29, 1.82) is 0 Å². The van der Waals surface area contributed by atoms with E-state index in [9.17, 15) is 9.90 Å². The Morgan fingerprint density at radius 1 is 1.23 bits per heavy atom. The Labute approximate surface area is 134 Å². The lowest BCUT2D eigenvalue weighted by atomic mass is 10.2. The summed E-state index contributed by atoms with van der Waals surface area (Å²) in [6.07, 6.45) is 1.16. The number of phenols is 1. The molecule has 0 aliphatic carbocycles. The fourth-order valence-corrected chi connectivity index (χ4v) is 2.08. The van der Waals surface area contributed by atoms with Gasteiger partial charge in [-0.25, -0.2) is 0 Å². The Kier molecular flexibility index (Phi) is 5.67. The number of hydrogen-bond donors (Lipinski definition) is 2. The van der Waals surface area contributed by atoms with E-state index in [1.54, 1.807) is 6.07 Å². The Morgan fingerprint density at radius 3 is 2.64 bits per heavy atom. The Hall–Kier alpha value is -2.20. The van der Waals surface area contributed by atoms with E-state index in [-0.39, 0.29) is 24.7 Å². The van der Waals surface area contributed by atoms with Crippen molar-refractivity contribution >= 4 is 23.2 Å². The van der Waals surface area contributed by atoms with Crippen molar-refractivity contribution in [2.45, 2.75) is 19.8 Å². The van der Waals surface area contributed by atoms with E-state index >= 15 is 0 Å². The molecule has 0 heterocycles. The number of carbonyl (C=O) groups excluding carboxylic acids is 1. The molecule has 0 radical (unpaired) electrons. The molecule has 0 aromatic heterocycles. The molecule has 2 N–H and O–H groups in total. The van der Waals surface area contributed by atoms with Crippen molar-refractivity contribution in [1.82, 2.24) is 0 Å². The van der Waals surface area contributed by atoms with Crippen molar-refractivity contribution < 1.29 is 14.6 Å². The van der Waals surface area contributed by atoms with Crippen LogP contribution in [0.25, 0.3) is 0 Å². The number of carbonyl (C=O) groups is 1. The zero-order chi connectivity index (χ0) is 15.9. The average Bonchev–Trinajstić information content (AvgIpc) is 2.51. The second kappa shape index (κ2) is 7.71. The summed E-state index contributed by atoms with van der Waals surface area (Å²) in [6, 6.07) is 12.3. The van der Waals surface area contributed by atoms with Gasteiger partial charge in [-0.05, 0) is 42.3 Å². The molecule has 1 amide bonds. The molecule has 5 heteroatoms. The summed E-state index contributed by atoms with van der Waals surface area (Å²) in [4.78, 5) is 11.8. The minimum atomic E-state index is -0.247. The lowest BCUT2D eigenvalue weighted by Gasteiger charge is -2.09. The largest absolute Gasteiger partial charge is 0.506 e. The predicted octanol–water partition coefficient (Wildman–Crippen LogP) is 4.02. The number of hydrogen-bond acceptors (Lipinski definition) is 3. The van der Waals surface area contributed by atoms with Crippen molar-refractivity contribution in [3.05, 3.63) is 53.1 Å². The maximum Gasteiger partial charge on any atom is 0.227 e. The lowest BCUT2D eigenvalue weighted by Crippen LogP contribution is -2.15. The lowest BCUT2D eigenvalue weighted by molar-refractivity contribution is -0.116. The minimum Gasteiger partial charge on any atom is -0.506 e. The summed E-state index contributed by atoms with van der Waals surface area (Å²) in [5.74, 6) is 0.465. The first kappa shape index (κ1) is 16.2. The highest BCUT2D eigenvalue weighted by Crippen LogP contribution is 2.26. The monoisotopic (exact) mass is 319 g/mol. The second-order valence-electron chi connectivity index (χ2n) is 4.81. The maximum absolute atomic E-state index is 11.8. The molecule has 0 bridgehead atoms. The number of benzene rings is 2. The Balaban J connectivity index is 1.81. The van der Waals surface area contributed by atoms with Crippen LogP contribution in [0.15, 0.2) is 42.5 Å². The van der Waals surface area contributed by atoms with Gasteiger partial charge in [-0.2, -0.15) is 0 Å². The van der Waals surface area contributed by atoms with E-state index in [0.29, 0.717) is 10.7 Å². The maximum atomic E-state index is 11.8. The number of rotatable bonds is 6. The number of anilines is 1. The van der Waals surface area contributed by atoms with Gasteiger partial charge in [0.2, 0.25) is 5.91 Å². The van der Waals surface area contributed by atoms with E-state index < -0.39 is 0 Å². The van der Waals surface area contributed by atoms with Gasteiger partial charge in [0.1, 0.15) is 11.5 Å². The van der Waals surface area contributed by atoms with Gasteiger partial charge in [-0.1, -0.05) is 30.7 Å². The highest BCUT2D eigenvalue weighted by molar-refractivity contribution is 6.31. The Morgan fingerprint density at radius 2 is 1.95 bits per heavy atom. The molecular formula is C17H18ClNO3. The van der Waals surface area contributed by atoms with E-state index in [0.717, 1.165) is 12.2 Å². The molecule has 2 aromatic carbocycles. The summed E-state index contributed by atoms with van der Waals surface area (Å²) < 4.78 is 5.52. The van der Waals surface area contributed by atoms with Crippen molar-refractivity contribution in [3.63, 3.8) is 0 Å². The fourth-order valence-electron chi connectivity index (χ4n) is 1.90. The van der Waals surface area contributed by atoms with E-state index in [4.69, 9.17) is 16.3 Å². The van der Waals surface area contributed by atoms with Crippen LogP contribution in [0.3, 0.4) is 0 Å². The molecule has 0 unspecified atom stereocenters. The zero-order valence-corrected chi connectivity index (χ0v) is 13.1. The third kappa shape index (κ3) is 4.67. The molecule has 2 rings (SSSR count). The van der Waals surface area contributed by atoms with Crippen molar-refractivity contribution in [2.24, 2.45) is 0 Å². The number of aryl methyl sites for hydroxylation is 1. The minimum absolute atomic E-state index is 0.0196. The van der Waals surface area contributed by atoms with E-state index in [2.05, 4.69) is 12.2 Å². The molecule has 0 atom stereocenters. The van der Waals surface area contributed by atoms with Crippen LogP contribution in [-0.2, 0) is 11.2 Å². The van der Waals surface area contributed by atoms with Crippen molar-refractivity contribution in [3.8, 4) is 11.5 Å². The summed E-state index contributed by atoms with van der Waals surface area (Å²) >= 11 is 5.82. The number of aromatic hydroxyl groups is 1. The average molecular weight is 320 g/mol. The predicted molar refractivity (Wildman–Crippen MR) is 87.7 cm³/mol.